The van der Waals surface area contributed by atoms with Gasteiger partial charge in [-0.1, -0.05) is 0 Å². The number of aromatic nitrogens is 1. The van der Waals surface area contributed by atoms with Crippen LogP contribution in [-0.4, -0.2) is 11.5 Å². The van der Waals surface area contributed by atoms with Crippen LogP contribution in [-0.2, 0) is 12.3 Å². The van der Waals surface area contributed by atoms with E-state index in [1.807, 2.05) is 0 Å². The molecule has 62 valence electrons. The lowest BCUT2D eigenvalue weighted by Crippen LogP contribution is -2.00. The number of nitrogens with zero attached hydrogens (tertiary/aromatic N) is 1. The first-order chi connectivity index (χ1) is 5.36. The fourth-order valence-corrected chi connectivity index (χ4v) is 0.901. The lowest BCUT2D eigenvalue weighted by atomic mass is 10.3. The van der Waals surface area contributed by atoms with E-state index in [2.05, 4.69) is 4.98 Å². The van der Waals surface area contributed by atoms with Gasteiger partial charge in [-0.15, -0.1) is 11.6 Å². The van der Waals surface area contributed by atoms with Crippen LogP contribution in [0, 0.1) is 0 Å². The van der Waals surface area contributed by atoms with Crippen molar-refractivity contribution >= 4 is 11.6 Å². The highest BCUT2D eigenvalue weighted by Crippen LogP contribution is 2.05. The first-order valence-electron chi connectivity index (χ1n) is 3.56. The number of oxazole rings is 1. The number of rotatable bonds is 4. The normalized spacial score (nSPS) is 10.4. The van der Waals surface area contributed by atoms with Crippen molar-refractivity contribution in [1.82, 2.24) is 4.98 Å². The molecule has 0 amide bonds. The summed E-state index contributed by atoms with van der Waals surface area (Å²) in [6, 6.07) is 0. The van der Waals surface area contributed by atoms with Gasteiger partial charge < -0.3 is 10.2 Å². The molecule has 0 fully saturated rings. The summed E-state index contributed by atoms with van der Waals surface area (Å²) in [6.07, 6.45) is 3.29. The van der Waals surface area contributed by atoms with Gasteiger partial charge in [-0.2, -0.15) is 0 Å². The fourth-order valence-electron chi connectivity index (χ4n) is 0.778. The molecule has 3 nitrogen and oxygen atoms in total. The monoisotopic (exact) mass is 174 g/mol. The first-order valence-corrected chi connectivity index (χ1v) is 4.09. The van der Waals surface area contributed by atoms with Crippen molar-refractivity contribution in [3.63, 3.8) is 0 Å². The van der Waals surface area contributed by atoms with Gasteiger partial charge in [-0.25, -0.2) is 4.98 Å². The maximum atomic E-state index is 5.53. The van der Waals surface area contributed by atoms with Crippen molar-refractivity contribution in [2.75, 3.05) is 6.54 Å². The van der Waals surface area contributed by atoms with Crippen LogP contribution in [0.1, 0.15) is 18.0 Å². The molecule has 0 atom stereocenters. The highest BCUT2D eigenvalue weighted by Gasteiger charge is 2.00. The highest BCUT2D eigenvalue weighted by molar-refractivity contribution is 6.16. The minimum Gasteiger partial charge on any atom is -0.449 e. The Hall–Kier alpha value is -0.540. The zero-order valence-corrected chi connectivity index (χ0v) is 6.97. The molecule has 0 unspecified atom stereocenters. The van der Waals surface area contributed by atoms with Crippen LogP contribution in [0.2, 0.25) is 0 Å². The first kappa shape index (κ1) is 8.56. The Bertz CT molecular complexity index is 212. The molecule has 0 saturated carbocycles. The standard InChI is InChI=1S/C7H11ClN2O/c8-4-6-5-11-7(10-6)2-1-3-9/h5H,1-4,9H2. The zero-order valence-electron chi connectivity index (χ0n) is 6.22. The molecule has 0 bridgehead atoms. The second-order valence-corrected chi connectivity index (χ2v) is 2.53. The number of alkyl halides is 1. The summed E-state index contributed by atoms with van der Waals surface area (Å²) >= 11 is 5.53. The number of hydrogen-bond donors (Lipinski definition) is 1. The van der Waals surface area contributed by atoms with E-state index in [4.69, 9.17) is 21.8 Å². The smallest absolute Gasteiger partial charge is 0.194 e. The van der Waals surface area contributed by atoms with Crippen LogP contribution in [0.5, 0.6) is 0 Å². The van der Waals surface area contributed by atoms with Gasteiger partial charge in [0.15, 0.2) is 5.89 Å². The van der Waals surface area contributed by atoms with Crippen LogP contribution in [0.25, 0.3) is 0 Å². The van der Waals surface area contributed by atoms with E-state index in [9.17, 15) is 0 Å². The number of aryl methyl sites for hydroxylation is 1. The van der Waals surface area contributed by atoms with E-state index in [1.165, 1.54) is 0 Å². The van der Waals surface area contributed by atoms with Crippen molar-refractivity contribution in [3.8, 4) is 0 Å². The molecule has 1 aromatic heterocycles. The third kappa shape index (κ3) is 2.52. The van der Waals surface area contributed by atoms with E-state index < -0.39 is 0 Å². The minimum absolute atomic E-state index is 0.409. The molecule has 0 saturated heterocycles. The Morgan fingerprint density at radius 3 is 3.00 bits per heavy atom. The van der Waals surface area contributed by atoms with E-state index in [0.29, 0.717) is 12.4 Å². The zero-order chi connectivity index (χ0) is 8.10. The van der Waals surface area contributed by atoms with Crippen LogP contribution in [0.3, 0.4) is 0 Å². The molecule has 2 N–H and O–H groups in total. The molecule has 0 radical (unpaired) electrons. The summed E-state index contributed by atoms with van der Waals surface area (Å²) < 4.78 is 5.11. The SMILES string of the molecule is NCCCc1nc(CCl)co1. The van der Waals surface area contributed by atoms with Gasteiger partial charge in [-0.3, -0.25) is 0 Å². The topological polar surface area (TPSA) is 52.0 Å². The second kappa shape index (κ2) is 4.36. The van der Waals surface area contributed by atoms with E-state index in [0.717, 1.165) is 24.4 Å². The summed E-state index contributed by atoms with van der Waals surface area (Å²) in [5.74, 6) is 1.14. The molecular formula is C7H11ClN2O. The lowest BCUT2D eigenvalue weighted by molar-refractivity contribution is 0.488. The Morgan fingerprint density at radius 2 is 2.45 bits per heavy atom. The van der Waals surface area contributed by atoms with Crippen molar-refractivity contribution in [3.05, 3.63) is 17.8 Å². The van der Waals surface area contributed by atoms with E-state index >= 15 is 0 Å². The van der Waals surface area contributed by atoms with Crippen molar-refractivity contribution in [2.45, 2.75) is 18.7 Å². The quantitative estimate of drug-likeness (QED) is 0.701. The van der Waals surface area contributed by atoms with Crippen molar-refractivity contribution in [2.24, 2.45) is 5.73 Å². The Labute approximate surface area is 70.5 Å². The third-order valence-corrected chi connectivity index (χ3v) is 1.60. The predicted octanol–water partition coefficient (Wildman–Crippen LogP) is 1.30. The number of halogens is 1. The highest BCUT2D eigenvalue weighted by atomic mass is 35.5. The largest absolute Gasteiger partial charge is 0.449 e. The summed E-state index contributed by atoms with van der Waals surface area (Å²) in [6.45, 7) is 0.665. The molecule has 0 aliphatic carbocycles. The van der Waals surface area contributed by atoms with Gasteiger partial charge in [0.1, 0.15) is 6.26 Å². The van der Waals surface area contributed by atoms with E-state index in [1.54, 1.807) is 6.26 Å². The molecule has 11 heavy (non-hydrogen) atoms. The Balaban J connectivity index is 2.44. The molecule has 1 rings (SSSR count). The molecule has 4 heteroatoms. The average Bonchev–Trinajstić information content (AvgIpc) is 2.48. The Morgan fingerprint density at radius 1 is 1.64 bits per heavy atom. The lowest BCUT2D eigenvalue weighted by Gasteiger charge is -1.89. The molecule has 1 aromatic rings. The van der Waals surface area contributed by atoms with E-state index in [-0.39, 0.29) is 0 Å². The molecule has 0 aromatic carbocycles. The summed E-state index contributed by atoms with van der Waals surface area (Å²) in [5.41, 5.74) is 6.11. The fraction of sp³-hybridized carbons (Fsp3) is 0.571. The van der Waals surface area contributed by atoms with Crippen LogP contribution >= 0.6 is 11.6 Å². The molecule has 1 heterocycles. The second-order valence-electron chi connectivity index (χ2n) is 2.26. The molecule has 0 spiro atoms. The average molecular weight is 175 g/mol. The molecular weight excluding hydrogens is 164 g/mol. The number of hydrogen-bond acceptors (Lipinski definition) is 3. The summed E-state index contributed by atoms with van der Waals surface area (Å²) in [7, 11) is 0. The van der Waals surface area contributed by atoms with Gasteiger partial charge in [0, 0.05) is 6.42 Å². The van der Waals surface area contributed by atoms with Crippen LogP contribution < -0.4 is 5.73 Å². The van der Waals surface area contributed by atoms with Crippen LogP contribution in [0.4, 0.5) is 0 Å². The minimum atomic E-state index is 0.409. The van der Waals surface area contributed by atoms with Crippen LogP contribution in [0.15, 0.2) is 10.7 Å². The van der Waals surface area contributed by atoms with Crippen molar-refractivity contribution < 1.29 is 4.42 Å². The third-order valence-electron chi connectivity index (χ3n) is 1.33. The van der Waals surface area contributed by atoms with Gasteiger partial charge in [0.25, 0.3) is 0 Å². The van der Waals surface area contributed by atoms with Gasteiger partial charge in [0.05, 0.1) is 11.6 Å². The maximum Gasteiger partial charge on any atom is 0.194 e. The summed E-state index contributed by atoms with van der Waals surface area (Å²) in [5, 5.41) is 0. The maximum absolute atomic E-state index is 5.53. The predicted molar refractivity (Wildman–Crippen MR) is 43.4 cm³/mol. The number of nitrogens with two attached hydrogens (primary N) is 1. The summed E-state index contributed by atoms with van der Waals surface area (Å²) in [4.78, 5) is 4.11. The van der Waals surface area contributed by atoms with Gasteiger partial charge in [0.2, 0.25) is 0 Å². The van der Waals surface area contributed by atoms with Crippen molar-refractivity contribution in [1.29, 1.82) is 0 Å². The molecule has 0 aliphatic rings. The van der Waals surface area contributed by atoms with Gasteiger partial charge in [-0.05, 0) is 13.0 Å². The van der Waals surface area contributed by atoms with Gasteiger partial charge >= 0.3 is 0 Å². The molecule has 0 aliphatic heterocycles. The Kier molecular flexibility index (Phi) is 3.39.